The van der Waals surface area contributed by atoms with Gasteiger partial charge in [0.2, 0.25) is 0 Å². The molecule has 0 saturated carbocycles. The van der Waals surface area contributed by atoms with Crippen molar-refractivity contribution in [2.24, 2.45) is 0 Å². The summed E-state index contributed by atoms with van der Waals surface area (Å²) in [6.45, 7) is 1.94. The van der Waals surface area contributed by atoms with Gasteiger partial charge in [0, 0.05) is 40.7 Å². The highest BCUT2D eigenvalue weighted by Crippen LogP contribution is 2.31. The third kappa shape index (κ3) is 3.72. The second-order valence-corrected chi connectivity index (χ2v) is 6.61. The van der Waals surface area contributed by atoms with Gasteiger partial charge < -0.3 is 15.4 Å². The van der Waals surface area contributed by atoms with Crippen molar-refractivity contribution < 1.29 is 5.11 Å². The van der Waals surface area contributed by atoms with Crippen LogP contribution in [0.25, 0.3) is 23.1 Å². The van der Waals surface area contributed by atoms with Crippen LogP contribution in [-0.2, 0) is 6.61 Å². The molecule has 0 aliphatic heterocycles. The van der Waals surface area contributed by atoms with Crippen LogP contribution in [0.3, 0.4) is 0 Å². The summed E-state index contributed by atoms with van der Waals surface area (Å²) in [5.74, 6) is 0. The van der Waals surface area contributed by atoms with E-state index in [2.05, 4.69) is 26.3 Å². The van der Waals surface area contributed by atoms with Crippen LogP contribution in [0.4, 0.5) is 11.4 Å². The molecule has 3 N–H and O–H groups in total. The van der Waals surface area contributed by atoms with E-state index in [1.807, 2.05) is 55.6 Å². The van der Waals surface area contributed by atoms with Gasteiger partial charge in [-0.15, -0.1) is 0 Å². The summed E-state index contributed by atoms with van der Waals surface area (Å²) in [5.41, 5.74) is 6.33. The summed E-state index contributed by atoms with van der Waals surface area (Å²) >= 11 is 0. The van der Waals surface area contributed by atoms with Crippen molar-refractivity contribution in [3.05, 3.63) is 83.1 Å². The first kappa shape index (κ1) is 18.4. The molecule has 3 heterocycles. The van der Waals surface area contributed by atoms with Gasteiger partial charge in [0.05, 0.1) is 29.2 Å². The Hall–Kier alpha value is -3.95. The molecule has 0 atom stereocenters. The van der Waals surface area contributed by atoms with Crippen molar-refractivity contribution in [3.63, 3.8) is 0 Å². The molecule has 0 aliphatic carbocycles. The average molecular weight is 381 g/mol. The number of nitrogens with one attached hydrogen (secondary N) is 2. The first-order chi connectivity index (χ1) is 14.2. The average Bonchev–Trinajstić information content (AvgIpc) is 3.24. The molecule has 0 unspecified atom stereocenters. The fourth-order valence-corrected chi connectivity index (χ4v) is 3.24. The summed E-state index contributed by atoms with van der Waals surface area (Å²) in [7, 11) is 0. The van der Waals surface area contributed by atoms with E-state index in [9.17, 15) is 10.4 Å². The molecule has 4 aromatic rings. The van der Waals surface area contributed by atoms with Gasteiger partial charge in [0.1, 0.15) is 6.07 Å². The lowest BCUT2D eigenvalue weighted by Crippen LogP contribution is -1.99. The molecule has 1 aromatic carbocycles. The molecule has 6 nitrogen and oxygen atoms in total. The highest BCUT2D eigenvalue weighted by atomic mass is 16.3. The Morgan fingerprint density at radius 1 is 1.17 bits per heavy atom. The standard InChI is InChI=1S/C23H19N5O/c1-15-20-9-10-26-22(20)8-7-21(15)28-23-16(12-25-13-17(23)11-24)5-6-18-3-2-4-19(14-29)27-18/h2-10,12-13,26,29H,14H2,1H3,(H,25,28)/b6-5+. The van der Waals surface area contributed by atoms with Crippen molar-refractivity contribution in [3.8, 4) is 6.07 Å². The van der Waals surface area contributed by atoms with Gasteiger partial charge in [0.25, 0.3) is 0 Å². The summed E-state index contributed by atoms with van der Waals surface area (Å²) < 4.78 is 0. The number of aliphatic hydroxyl groups is 1. The molecule has 6 heteroatoms. The highest BCUT2D eigenvalue weighted by molar-refractivity contribution is 5.90. The molecule has 3 aromatic heterocycles. The van der Waals surface area contributed by atoms with Gasteiger partial charge in [0.15, 0.2) is 0 Å². The third-order valence-electron chi connectivity index (χ3n) is 4.78. The van der Waals surface area contributed by atoms with E-state index in [-0.39, 0.29) is 6.61 Å². The van der Waals surface area contributed by atoms with Crippen molar-refractivity contribution in [1.82, 2.24) is 15.0 Å². The van der Waals surface area contributed by atoms with Crippen LogP contribution in [0.15, 0.2) is 55.0 Å². The number of pyridine rings is 2. The fourth-order valence-electron chi connectivity index (χ4n) is 3.24. The molecule has 0 radical (unpaired) electrons. The van der Waals surface area contributed by atoms with Gasteiger partial charge >= 0.3 is 0 Å². The Kier molecular flexibility index (Phi) is 5.06. The van der Waals surface area contributed by atoms with E-state index < -0.39 is 0 Å². The highest BCUT2D eigenvalue weighted by Gasteiger charge is 2.11. The number of nitriles is 1. The monoisotopic (exact) mass is 381 g/mol. The Labute approximate surface area is 168 Å². The molecule has 0 saturated heterocycles. The Morgan fingerprint density at radius 2 is 2.07 bits per heavy atom. The molecule has 0 spiro atoms. The summed E-state index contributed by atoms with van der Waals surface area (Å²) in [5, 5.41) is 23.4. The third-order valence-corrected chi connectivity index (χ3v) is 4.78. The van der Waals surface area contributed by atoms with Crippen LogP contribution < -0.4 is 5.32 Å². The molecular weight excluding hydrogens is 362 g/mol. The second-order valence-electron chi connectivity index (χ2n) is 6.61. The molecule has 0 fully saturated rings. The molecule has 0 amide bonds. The molecule has 4 rings (SSSR count). The van der Waals surface area contributed by atoms with E-state index >= 15 is 0 Å². The lowest BCUT2D eigenvalue weighted by atomic mass is 10.1. The Morgan fingerprint density at radius 3 is 2.90 bits per heavy atom. The minimum atomic E-state index is -0.110. The van der Waals surface area contributed by atoms with Crippen LogP contribution in [-0.4, -0.2) is 20.1 Å². The number of aliphatic hydroxyl groups excluding tert-OH is 1. The number of aromatic nitrogens is 3. The van der Waals surface area contributed by atoms with Gasteiger partial charge in [-0.3, -0.25) is 9.97 Å². The number of H-pyrrole nitrogens is 1. The van der Waals surface area contributed by atoms with Crippen LogP contribution in [0.1, 0.15) is 28.1 Å². The lowest BCUT2D eigenvalue weighted by molar-refractivity contribution is 0.277. The van der Waals surface area contributed by atoms with Crippen molar-refractivity contribution in [2.75, 3.05) is 5.32 Å². The van der Waals surface area contributed by atoms with E-state index in [1.54, 1.807) is 18.5 Å². The number of nitrogens with zero attached hydrogens (tertiary/aromatic N) is 3. The molecular formula is C23H19N5O. The van der Waals surface area contributed by atoms with Crippen molar-refractivity contribution >= 4 is 34.4 Å². The van der Waals surface area contributed by atoms with Gasteiger partial charge in [-0.1, -0.05) is 6.07 Å². The first-order valence-electron chi connectivity index (χ1n) is 9.16. The zero-order valence-corrected chi connectivity index (χ0v) is 15.8. The maximum atomic E-state index is 9.58. The van der Waals surface area contributed by atoms with E-state index in [1.165, 1.54) is 0 Å². The van der Waals surface area contributed by atoms with Crippen LogP contribution in [0.2, 0.25) is 0 Å². The maximum absolute atomic E-state index is 9.58. The molecule has 0 aliphatic rings. The maximum Gasteiger partial charge on any atom is 0.103 e. The number of fused-ring (bicyclic) bond motifs is 1. The number of aromatic amines is 1. The first-order valence-corrected chi connectivity index (χ1v) is 9.16. The lowest BCUT2D eigenvalue weighted by Gasteiger charge is -2.14. The van der Waals surface area contributed by atoms with Crippen molar-refractivity contribution in [1.29, 1.82) is 5.26 Å². The predicted molar refractivity (Wildman–Crippen MR) is 114 cm³/mol. The second kappa shape index (κ2) is 7.97. The molecule has 0 bridgehead atoms. The number of hydrogen-bond acceptors (Lipinski definition) is 5. The summed E-state index contributed by atoms with van der Waals surface area (Å²) in [6, 6.07) is 13.7. The van der Waals surface area contributed by atoms with Crippen LogP contribution in [0, 0.1) is 18.3 Å². The minimum Gasteiger partial charge on any atom is -0.390 e. The zero-order chi connectivity index (χ0) is 20.2. The van der Waals surface area contributed by atoms with Crippen molar-refractivity contribution in [2.45, 2.75) is 13.5 Å². The Balaban J connectivity index is 1.73. The SMILES string of the molecule is Cc1c(Nc2c(C#N)cncc2/C=C/c2cccc(CO)n2)ccc2[nH]ccc12. The largest absolute Gasteiger partial charge is 0.390 e. The topological polar surface area (TPSA) is 97.6 Å². The molecule has 142 valence electrons. The van der Waals surface area contributed by atoms with Gasteiger partial charge in [-0.2, -0.15) is 5.26 Å². The zero-order valence-electron chi connectivity index (χ0n) is 15.8. The number of hydrogen-bond donors (Lipinski definition) is 3. The summed E-state index contributed by atoms with van der Waals surface area (Å²) in [4.78, 5) is 11.8. The van der Waals surface area contributed by atoms with E-state index in [0.29, 0.717) is 16.9 Å². The number of anilines is 2. The van der Waals surface area contributed by atoms with Crippen LogP contribution >= 0.6 is 0 Å². The quantitative estimate of drug-likeness (QED) is 0.471. The minimum absolute atomic E-state index is 0.110. The van der Waals surface area contributed by atoms with Gasteiger partial charge in [-0.25, -0.2) is 0 Å². The fraction of sp³-hybridized carbons (Fsp3) is 0.0870. The van der Waals surface area contributed by atoms with E-state index in [0.717, 1.165) is 33.4 Å². The van der Waals surface area contributed by atoms with Crippen LogP contribution in [0.5, 0.6) is 0 Å². The van der Waals surface area contributed by atoms with Gasteiger partial charge in [-0.05, 0) is 55.0 Å². The molecule has 29 heavy (non-hydrogen) atoms. The van der Waals surface area contributed by atoms with E-state index in [4.69, 9.17) is 0 Å². The number of benzene rings is 1. The normalized spacial score (nSPS) is 11.1. The summed E-state index contributed by atoms with van der Waals surface area (Å²) in [6.07, 6.45) is 8.87. The smallest absolute Gasteiger partial charge is 0.103 e. The number of aryl methyl sites for hydroxylation is 1. The number of rotatable bonds is 5. The predicted octanol–water partition coefficient (Wildman–Crippen LogP) is 4.54. The Bertz CT molecular complexity index is 1250.